The number of carbonyl (C=O) groups is 4. The standard InChI is InChI=1S/C35H45N3O5/c1-6-12-29(31(39)33(41)36-19-7-2)37-32(40)30-20-23(17-18-35(3,4)5)21-38(30)34(42)43-22-28-26-15-10-8-13-24(26)25-14-9-11-16-27(25)28/h7-11,13-16,23,28-30H,2,6,12,17-22H2,1,3-5H3,(H,36,41)(H,37,40)/t23-,29?,30+/m1/s1. The molecule has 3 atom stereocenters. The largest absolute Gasteiger partial charge is 0.448 e. The molecule has 2 N–H and O–H groups in total. The van der Waals surface area contributed by atoms with Crippen molar-refractivity contribution < 1.29 is 23.9 Å². The van der Waals surface area contributed by atoms with Gasteiger partial charge in [0.1, 0.15) is 12.6 Å². The number of rotatable bonds is 12. The molecule has 1 aliphatic carbocycles. The third-order valence-electron chi connectivity index (χ3n) is 8.40. The Bertz CT molecular complexity index is 1300. The molecule has 3 amide bonds. The average molecular weight is 588 g/mol. The van der Waals surface area contributed by atoms with E-state index in [-0.39, 0.29) is 30.4 Å². The SMILES string of the molecule is C=CCNC(=O)C(=O)C(CCC)NC(=O)[C@@H]1C[C@@H](CCC(C)(C)C)CN1C(=O)OCC1c2ccccc2-c2ccccc21. The van der Waals surface area contributed by atoms with Crippen molar-refractivity contribution >= 4 is 23.7 Å². The summed E-state index contributed by atoms with van der Waals surface area (Å²) in [7, 11) is 0. The lowest BCUT2D eigenvalue weighted by molar-refractivity contribution is -0.140. The zero-order valence-electron chi connectivity index (χ0n) is 25.9. The van der Waals surface area contributed by atoms with E-state index in [0.717, 1.165) is 35.1 Å². The molecule has 0 radical (unpaired) electrons. The molecule has 8 heteroatoms. The molecular weight excluding hydrogens is 542 g/mol. The number of nitrogens with one attached hydrogen (secondary N) is 2. The maximum absolute atomic E-state index is 13.7. The lowest BCUT2D eigenvalue weighted by Crippen LogP contribution is -2.53. The number of ketones is 1. The van der Waals surface area contributed by atoms with Gasteiger partial charge >= 0.3 is 6.09 Å². The average Bonchev–Trinajstić information content (AvgIpc) is 3.56. The van der Waals surface area contributed by atoms with Crippen molar-refractivity contribution in [2.75, 3.05) is 19.7 Å². The number of Topliss-reactive ketones (excluding diaryl/α,β-unsaturated/α-hetero) is 1. The molecule has 2 aromatic carbocycles. The Morgan fingerprint density at radius 2 is 1.67 bits per heavy atom. The predicted octanol–water partition coefficient (Wildman–Crippen LogP) is 5.61. The van der Waals surface area contributed by atoms with Crippen molar-refractivity contribution in [1.82, 2.24) is 15.5 Å². The molecule has 0 saturated carbocycles. The normalized spacial score (nSPS) is 18.4. The molecule has 1 aliphatic heterocycles. The number of hydrogen-bond acceptors (Lipinski definition) is 5. The minimum atomic E-state index is -0.972. The highest BCUT2D eigenvalue weighted by Crippen LogP contribution is 2.44. The van der Waals surface area contributed by atoms with Gasteiger partial charge < -0.3 is 15.4 Å². The monoisotopic (exact) mass is 587 g/mol. The van der Waals surface area contributed by atoms with E-state index >= 15 is 0 Å². The summed E-state index contributed by atoms with van der Waals surface area (Å²) in [5, 5.41) is 5.29. The molecule has 4 rings (SSSR count). The van der Waals surface area contributed by atoms with Crippen molar-refractivity contribution in [3.63, 3.8) is 0 Å². The smallest absolute Gasteiger partial charge is 0.410 e. The molecule has 0 spiro atoms. The number of fused-ring (bicyclic) bond motifs is 3. The van der Waals surface area contributed by atoms with Gasteiger partial charge in [-0.15, -0.1) is 6.58 Å². The Balaban J connectivity index is 1.49. The van der Waals surface area contributed by atoms with Crippen LogP contribution < -0.4 is 10.6 Å². The van der Waals surface area contributed by atoms with Gasteiger partial charge in [-0.25, -0.2) is 4.79 Å². The van der Waals surface area contributed by atoms with Gasteiger partial charge in [-0.1, -0.05) is 88.7 Å². The van der Waals surface area contributed by atoms with Crippen LogP contribution in [0.2, 0.25) is 0 Å². The summed E-state index contributed by atoms with van der Waals surface area (Å²) >= 11 is 0. The number of ether oxygens (including phenoxy) is 1. The number of hydrogen-bond donors (Lipinski definition) is 2. The van der Waals surface area contributed by atoms with E-state index in [4.69, 9.17) is 4.74 Å². The van der Waals surface area contributed by atoms with Crippen LogP contribution in [0.5, 0.6) is 0 Å². The number of carbonyl (C=O) groups excluding carboxylic acids is 4. The summed E-state index contributed by atoms with van der Waals surface area (Å²) < 4.78 is 5.95. The predicted molar refractivity (Wildman–Crippen MR) is 167 cm³/mol. The third kappa shape index (κ3) is 7.72. The fourth-order valence-electron chi connectivity index (χ4n) is 6.13. The Morgan fingerprint density at radius 3 is 2.26 bits per heavy atom. The molecule has 1 unspecified atom stereocenters. The summed E-state index contributed by atoms with van der Waals surface area (Å²) in [6.45, 7) is 12.7. The molecule has 2 aromatic rings. The minimum absolute atomic E-state index is 0.0939. The Hall–Kier alpha value is -3.94. The van der Waals surface area contributed by atoms with E-state index in [0.29, 0.717) is 25.8 Å². The zero-order chi connectivity index (χ0) is 31.1. The Kier molecular flexibility index (Phi) is 10.4. The summed E-state index contributed by atoms with van der Waals surface area (Å²) in [4.78, 5) is 54.1. The molecule has 1 saturated heterocycles. The Morgan fingerprint density at radius 1 is 1.05 bits per heavy atom. The van der Waals surface area contributed by atoms with Crippen LogP contribution in [0.25, 0.3) is 11.1 Å². The van der Waals surface area contributed by atoms with Crippen molar-refractivity contribution in [3.8, 4) is 11.1 Å². The number of amides is 3. The van der Waals surface area contributed by atoms with Gasteiger partial charge in [-0.05, 0) is 59.3 Å². The fraction of sp³-hybridized carbons (Fsp3) is 0.486. The fourth-order valence-corrected chi connectivity index (χ4v) is 6.13. The summed E-state index contributed by atoms with van der Waals surface area (Å²) in [5.74, 6) is -1.88. The van der Waals surface area contributed by atoms with Crippen LogP contribution in [0.15, 0.2) is 61.2 Å². The van der Waals surface area contributed by atoms with Crippen LogP contribution in [0.1, 0.15) is 76.8 Å². The van der Waals surface area contributed by atoms with Gasteiger partial charge in [0.15, 0.2) is 0 Å². The molecule has 8 nitrogen and oxygen atoms in total. The molecule has 230 valence electrons. The lowest BCUT2D eigenvalue weighted by Gasteiger charge is -2.26. The first-order chi connectivity index (χ1) is 20.5. The second kappa shape index (κ2) is 14.0. The van der Waals surface area contributed by atoms with Crippen LogP contribution in [0, 0.1) is 11.3 Å². The number of benzene rings is 2. The molecule has 0 aromatic heterocycles. The third-order valence-corrected chi connectivity index (χ3v) is 8.40. The topological polar surface area (TPSA) is 105 Å². The van der Waals surface area contributed by atoms with E-state index in [1.807, 2.05) is 31.2 Å². The summed E-state index contributed by atoms with van der Waals surface area (Å²) in [5.41, 5.74) is 4.64. The van der Waals surface area contributed by atoms with Crippen molar-refractivity contribution in [2.45, 2.75) is 77.8 Å². The van der Waals surface area contributed by atoms with Gasteiger partial charge in [-0.2, -0.15) is 0 Å². The van der Waals surface area contributed by atoms with Gasteiger partial charge in [0.2, 0.25) is 11.7 Å². The van der Waals surface area contributed by atoms with E-state index in [2.05, 4.69) is 62.2 Å². The Labute approximate surface area is 255 Å². The van der Waals surface area contributed by atoms with Gasteiger partial charge in [0.25, 0.3) is 5.91 Å². The first-order valence-electron chi connectivity index (χ1n) is 15.4. The van der Waals surface area contributed by atoms with E-state index < -0.39 is 35.8 Å². The highest BCUT2D eigenvalue weighted by atomic mass is 16.6. The van der Waals surface area contributed by atoms with Gasteiger partial charge in [-0.3, -0.25) is 19.3 Å². The molecule has 2 aliphatic rings. The van der Waals surface area contributed by atoms with Gasteiger partial charge in [0.05, 0.1) is 6.04 Å². The van der Waals surface area contributed by atoms with E-state index in [9.17, 15) is 19.2 Å². The maximum Gasteiger partial charge on any atom is 0.410 e. The highest BCUT2D eigenvalue weighted by Gasteiger charge is 2.42. The van der Waals surface area contributed by atoms with Crippen molar-refractivity contribution in [3.05, 3.63) is 72.3 Å². The molecule has 0 bridgehead atoms. The zero-order valence-corrected chi connectivity index (χ0v) is 25.9. The second-order valence-electron chi connectivity index (χ2n) is 12.9. The number of likely N-dealkylation sites (tertiary alicyclic amines) is 1. The van der Waals surface area contributed by atoms with Crippen LogP contribution >= 0.6 is 0 Å². The number of nitrogens with zero attached hydrogens (tertiary/aromatic N) is 1. The molecule has 43 heavy (non-hydrogen) atoms. The quantitative estimate of drug-likeness (QED) is 0.248. The first kappa shape index (κ1) is 32.0. The van der Waals surface area contributed by atoms with Crippen LogP contribution in [-0.4, -0.2) is 60.4 Å². The van der Waals surface area contributed by atoms with Crippen LogP contribution in [0.3, 0.4) is 0 Å². The van der Waals surface area contributed by atoms with E-state index in [1.54, 1.807) is 0 Å². The molecule has 1 fully saturated rings. The highest BCUT2D eigenvalue weighted by molar-refractivity contribution is 6.38. The van der Waals surface area contributed by atoms with E-state index in [1.165, 1.54) is 11.0 Å². The lowest BCUT2D eigenvalue weighted by atomic mass is 9.86. The summed E-state index contributed by atoms with van der Waals surface area (Å²) in [6, 6.07) is 14.5. The second-order valence-corrected chi connectivity index (χ2v) is 12.9. The van der Waals surface area contributed by atoms with Crippen molar-refractivity contribution in [2.24, 2.45) is 11.3 Å². The first-order valence-corrected chi connectivity index (χ1v) is 15.4. The summed E-state index contributed by atoms with van der Waals surface area (Å²) in [6.07, 6.45) is 4.15. The van der Waals surface area contributed by atoms with Gasteiger partial charge in [0, 0.05) is 19.0 Å². The minimum Gasteiger partial charge on any atom is -0.448 e. The van der Waals surface area contributed by atoms with Crippen LogP contribution in [0.4, 0.5) is 4.79 Å². The van der Waals surface area contributed by atoms with Crippen molar-refractivity contribution in [1.29, 1.82) is 0 Å². The van der Waals surface area contributed by atoms with Crippen LogP contribution in [-0.2, 0) is 19.1 Å². The maximum atomic E-state index is 13.7. The molecular formula is C35H45N3O5. The molecule has 1 heterocycles.